The maximum absolute atomic E-state index is 11.7. The number of para-hydroxylation sites is 1. The van der Waals surface area contributed by atoms with E-state index in [4.69, 9.17) is 5.11 Å². The Morgan fingerprint density at radius 1 is 1.05 bits per heavy atom. The molecule has 2 N–H and O–H groups in total. The smallest absolute Gasteiger partial charge is 0.320 e. The van der Waals surface area contributed by atoms with Gasteiger partial charge >= 0.3 is 5.97 Å². The van der Waals surface area contributed by atoms with Gasteiger partial charge in [0.15, 0.2) is 5.75 Å². The summed E-state index contributed by atoms with van der Waals surface area (Å²) in [7, 11) is -3.91. The highest BCUT2D eigenvalue weighted by Crippen LogP contribution is 2.33. The quantitative estimate of drug-likeness (QED) is 0.854. The minimum absolute atomic E-state index is 0.368. The van der Waals surface area contributed by atoms with Crippen molar-refractivity contribution < 1.29 is 18.3 Å². The van der Waals surface area contributed by atoms with Crippen LogP contribution in [0.1, 0.15) is 0 Å². The Balaban J connectivity index is 2.23. The van der Waals surface area contributed by atoms with Crippen molar-refractivity contribution in [3.05, 3.63) is 54.6 Å². The summed E-state index contributed by atoms with van der Waals surface area (Å²) in [5.74, 6) is -2.35. The fraction of sp³-hybridized carbons (Fsp3) is 0.0714. The van der Waals surface area contributed by atoms with Gasteiger partial charge in [-0.3, -0.25) is 9.52 Å². The number of rotatable bonds is 6. The summed E-state index contributed by atoms with van der Waals surface area (Å²) >= 11 is 1.40. The summed E-state index contributed by atoms with van der Waals surface area (Å²) < 4.78 is 25.7. The first-order valence-corrected chi connectivity index (χ1v) is 8.47. The number of benzene rings is 2. The average molecular weight is 323 g/mol. The molecule has 0 amide bonds. The van der Waals surface area contributed by atoms with Crippen LogP contribution in [-0.4, -0.2) is 25.2 Å². The Morgan fingerprint density at radius 2 is 1.67 bits per heavy atom. The van der Waals surface area contributed by atoms with Gasteiger partial charge in [0.25, 0.3) is 0 Å². The molecule has 21 heavy (non-hydrogen) atoms. The van der Waals surface area contributed by atoms with Crippen LogP contribution in [0, 0.1) is 0 Å². The molecule has 0 aliphatic rings. The molecular weight excluding hydrogens is 310 g/mol. The Morgan fingerprint density at radius 3 is 2.33 bits per heavy atom. The lowest BCUT2D eigenvalue weighted by Crippen LogP contribution is -2.22. The predicted octanol–water partition coefficient (Wildman–Crippen LogP) is 2.66. The summed E-state index contributed by atoms with van der Waals surface area (Å²) in [6.45, 7) is 0. The van der Waals surface area contributed by atoms with E-state index in [-0.39, 0.29) is 0 Å². The van der Waals surface area contributed by atoms with E-state index in [1.165, 1.54) is 11.8 Å². The molecule has 0 fully saturated rings. The number of carboxylic acid groups (broad SMARTS) is 1. The fourth-order valence-corrected chi connectivity index (χ4v) is 3.52. The average Bonchev–Trinajstić information content (AvgIpc) is 2.40. The van der Waals surface area contributed by atoms with E-state index < -0.39 is 21.7 Å². The highest BCUT2D eigenvalue weighted by molar-refractivity contribution is 7.99. The third-order valence-corrected chi connectivity index (χ3v) is 4.68. The molecule has 2 aromatic carbocycles. The van der Waals surface area contributed by atoms with E-state index in [0.29, 0.717) is 10.6 Å². The number of aliphatic carboxylic acids is 1. The summed E-state index contributed by atoms with van der Waals surface area (Å²) in [5.41, 5.74) is 0.368. The van der Waals surface area contributed by atoms with Crippen LogP contribution in [0.5, 0.6) is 0 Å². The Labute approximate surface area is 127 Å². The minimum atomic E-state index is -3.91. The van der Waals surface area contributed by atoms with Crippen molar-refractivity contribution in [2.75, 3.05) is 10.5 Å². The van der Waals surface area contributed by atoms with Crippen molar-refractivity contribution >= 4 is 33.4 Å². The second-order valence-electron chi connectivity index (χ2n) is 4.17. The van der Waals surface area contributed by atoms with Crippen molar-refractivity contribution in [1.29, 1.82) is 0 Å². The zero-order chi connectivity index (χ0) is 15.3. The molecule has 5 nitrogen and oxygen atoms in total. The zero-order valence-corrected chi connectivity index (χ0v) is 12.5. The molecule has 2 aromatic rings. The second kappa shape index (κ2) is 6.64. The lowest BCUT2D eigenvalue weighted by atomic mass is 10.3. The molecule has 0 aliphatic heterocycles. The highest BCUT2D eigenvalue weighted by atomic mass is 32.2. The molecule has 110 valence electrons. The predicted molar refractivity (Wildman–Crippen MR) is 82.1 cm³/mol. The summed E-state index contributed by atoms with van der Waals surface area (Å²) in [4.78, 5) is 12.2. The molecule has 0 atom stereocenters. The summed E-state index contributed by atoms with van der Waals surface area (Å²) in [6.07, 6.45) is 0. The van der Waals surface area contributed by atoms with E-state index in [1.807, 2.05) is 30.3 Å². The van der Waals surface area contributed by atoms with Gasteiger partial charge in [0.2, 0.25) is 10.0 Å². The van der Waals surface area contributed by atoms with Crippen LogP contribution in [0.25, 0.3) is 0 Å². The summed E-state index contributed by atoms with van der Waals surface area (Å²) in [6, 6.07) is 16.3. The molecular formula is C14H13NO4S2. The van der Waals surface area contributed by atoms with Gasteiger partial charge in [-0.2, -0.15) is 0 Å². The first-order chi connectivity index (χ1) is 9.96. The molecule has 0 radical (unpaired) electrons. The molecule has 0 saturated heterocycles. The number of carboxylic acids is 1. The third kappa shape index (κ3) is 4.80. The lowest BCUT2D eigenvalue weighted by molar-refractivity contribution is -0.134. The number of carbonyl (C=O) groups is 1. The van der Waals surface area contributed by atoms with E-state index in [9.17, 15) is 13.2 Å². The molecule has 0 bridgehead atoms. The first-order valence-electron chi connectivity index (χ1n) is 6.00. The number of hydrogen-bond acceptors (Lipinski definition) is 4. The maximum atomic E-state index is 11.7. The number of sulfonamides is 1. The molecule has 0 saturated carbocycles. The van der Waals surface area contributed by atoms with Crippen molar-refractivity contribution in [2.45, 2.75) is 9.79 Å². The monoisotopic (exact) mass is 323 g/mol. The molecule has 0 spiro atoms. The molecule has 0 unspecified atom stereocenters. The van der Waals surface area contributed by atoms with Crippen LogP contribution in [0.3, 0.4) is 0 Å². The molecule has 0 heterocycles. The van der Waals surface area contributed by atoms with Gasteiger partial charge in [-0.05, 0) is 24.3 Å². The summed E-state index contributed by atoms with van der Waals surface area (Å²) in [5, 5.41) is 8.61. The molecule has 0 aromatic heterocycles. The van der Waals surface area contributed by atoms with Crippen LogP contribution in [0.4, 0.5) is 5.69 Å². The Hall–Kier alpha value is -1.99. The molecule has 2 rings (SSSR count). The van der Waals surface area contributed by atoms with E-state index in [2.05, 4.69) is 4.72 Å². The normalized spacial score (nSPS) is 11.0. The van der Waals surface area contributed by atoms with Crippen LogP contribution in [0.2, 0.25) is 0 Å². The number of anilines is 1. The Bertz CT molecular complexity index is 730. The number of hydrogen-bond donors (Lipinski definition) is 2. The largest absolute Gasteiger partial charge is 0.480 e. The van der Waals surface area contributed by atoms with Crippen LogP contribution in [-0.2, 0) is 14.8 Å². The van der Waals surface area contributed by atoms with Crippen LogP contribution in [0.15, 0.2) is 64.4 Å². The van der Waals surface area contributed by atoms with Crippen LogP contribution >= 0.6 is 11.8 Å². The maximum Gasteiger partial charge on any atom is 0.320 e. The van der Waals surface area contributed by atoms with Crippen molar-refractivity contribution in [3.63, 3.8) is 0 Å². The minimum Gasteiger partial charge on any atom is -0.480 e. The lowest BCUT2D eigenvalue weighted by Gasteiger charge is -2.11. The molecule has 7 heteroatoms. The molecule has 0 aliphatic carbocycles. The zero-order valence-electron chi connectivity index (χ0n) is 10.9. The second-order valence-corrected chi connectivity index (χ2v) is 7.00. The number of nitrogens with one attached hydrogen (secondary N) is 1. The van der Waals surface area contributed by atoms with E-state index in [0.717, 1.165) is 4.90 Å². The fourth-order valence-electron chi connectivity index (χ4n) is 1.62. The van der Waals surface area contributed by atoms with Crippen molar-refractivity contribution in [2.24, 2.45) is 0 Å². The van der Waals surface area contributed by atoms with Gasteiger partial charge in [-0.1, -0.05) is 42.1 Å². The highest BCUT2D eigenvalue weighted by Gasteiger charge is 2.17. The van der Waals surface area contributed by atoms with Crippen molar-refractivity contribution in [3.8, 4) is 0 Å². The van der Waals surface area contributed by atoms with Gasteiger partial charge in [-0.15, -0.1) is 0 Å². The standard InChI is InChI=1S/C14H13NO4S2/c16-14(17)10-21(18,19)15-12-8-4-5-9-13(12)20-11-6-2-1-3-7-11/h1-9,15H,10H2,(H,16,17). The van der Waals surface area contributed by atoms with Crippen molar-refractivity contribution in [1.82, 2.24) is 0 Å². The third-order valence-electron chi connectivity index (χ3n) is 2.44. The van der Waals surface area contributed by atoms with Crippen LogP contribution < -0.4 is 4.72 Å². The van der Waals surface area contributed by atoms with Gasteiger partial charge < -0.3 is 5.11 Å². The SMILES string of the molecule is O=C(O)CS(=O)(=O)Nc1ccccc1Sc1ccccc1. The van der Waals surface area contributed by atoms with Gasteiger partial charge in [0.1, 0.15) is 0 Å². The van der Waals surface area contributed by atoms with E-state index in [1.54, 1.807) is 24.3 Å². The first kappa shape index (κ1) is 15.4. The van der Waals surface area contributed by atoms with E-state index >= 15 is 0 Å². The topological polar surface area (TPSA) is 83.5 Å². The van der Waals surface area contributed by atoms with Gasteiger partial charge in [-0.25, -0.2) is 8.42 Å². The van der Waals surface area contributed by atoms with Gasteiger partial charge in [0, 0.05) is 9.79 Å². The van der Waals surface area contributed by atoms with Gasteiger partial charge in [0.05, 0.1) is 5.69 Å². The Kier molecular flexibility index (Phi) is 4.87.